The van der Waals surface area contributed by atoms with E-state index in [4.69, 9.17) is 16.2 Å². The Labute approximate surface area is 96.2 Å². The van der Waals surface area contributed by atoms with Crippen LogP contribution in [-0.4, -0.2) is 30.1 Å². The third kappa shape index (κ3) is 2.73. The topological polar surface area (TPSA) is 73.3 Å². The highest BCUT2D eigenvalue weighted by molar-refractivity contribution is 6.00. The molecule has 1 rings (SSSR count). The van der Waals surface area contributed by atoms with Crippen LogP contribution in [0.4, 0.5) is 5.69 Å². The van der Waals surface area contributed by atoms with Crippen LogP contribution in [0.25, 0.3) is 0 Å². The van der Waals surface area contributed by atoms with Gasteiger partial charge in [-0.1, -0.05) is 12.1 Å². The quantitative estimate of drug-likeness (QED) is 0.516. The molecule has 4 nitrogen and oxygen atoms in total. The highest BCUT2D eigenvalue weighted by Gasteiger charge is 2.14. The van der Waals surface area contributed by atoms with E-state index in [-0.39, 0.29) is 18.5 Å². The summed E-state index contributed by atoms with van der Waals surface area (Å²) in [5.41, 5.74) is 7.16. The van der Waals surface area contributed by atoms with Crippen molar-refractivity contribution in [2.45, 2.75) is 19.9 Å². The second kappa shape index (κ2) is 5.51. The number of nitrogens with two attached hydrogens (primary N) is 1. The summed E-state index contributed by atoms with van der Waals surface area (Å²) in [6.45, 7) is 4.73. The summed E-state index contributed by atoms with van der Waals surface area (Å²) < 4.78 is 0. The average molecular weight is 221 g/mol. The molecule has 0 aromatic heterocycles. The van der Waals surface area contributed by atoms with Crippen molar-refractivity contribution in [3.05, 3.63) is 29.8 Å². The average Bonchev–Trinajstić information content (AvgIpc) is 2.25. The van der Waals surface area contributed by atoms with Crippen molar-refractivity contribution in [1.82, 2.24) is 0 Å². The van der Waals surface area contributed by atoms with Crippen LogP contribution in [-0.2, 0) is 0 Å². The molecule has 4 N–H and O–H groups in total. The number of rotatable bonds is 5. The van der Waals surface area contributed by atoms with Crippen LogP contribution in [0.3, 0.4) is 0 Å². The van der Waals surface area contributed by atoms with E-state index < -0.39 is 0 Å². The molecular weight excluding hydrogens is 202 g/mol. The molecule has 4 heteroatoms. The first-order valence-electron chi connectivity index (χ1n) is 5.38. The monoisotopic (exact) mass is 221 g/mol. The van der Waals surface area contributed by atoms with Gasteiger partial charge in [0.15, 0.2) is 0 Å². The summed E-state index contributed by atoms with van der Waals surface area (Å²) in [4.78, 5) is 2.04. The van der Waals surface area contributed by atoms with Crippen molar-refractivity contribution in [1.29, 1.82) is 5.41 Å². The third-order valence-electron chi connectivity index (χ3n) is 2.47. The van der Waals surface area contributed by atoms with E-state index in [0.29, 0.717) is 12.1 Å². The largest absolute Gasteiger partial charge is 0.395 e. The van der Waals surface area contributed by atoms with Gasteiger partial charge in [-0.15, -0.1) is 0 Å². The maximum absolute atomic E-state index is 9.05. The number of aliphatic hydroxyl groups is 1. The number of nitrogens with zero attached hydrogens (tertiary/aromatic N) is 1. The minimum absolute atomic E-state index is 0.0548. The van der Waals surface area contributed by atoms with E-state index in [0.717, 1.165) is 5.69 Å². The number of para-hydroxylation sites is 1. The molecule has 0 atom stereocenters. The molecule has 88 valence electrons. The number of anilines is 1. The molecule has 1 aromatic rings. The second-order valence-corrected chi connectivity index (χ2v) is 3.94. The fraction of sp³-hybridized carbons (Fsp3) is 0.417. The van der Waals surface area contributed by atoms with Gasteiger partial charge in [0.05, 0.1) is 6.61 Å². The molecule has 0 saturated carbocycles. The standard InChI is InChI=1S/C12H19N3O/c1-9(2)15(7-8-16)11-6-4-3-5-10(11)12(13)14/h3-6,9,16H,7-8H2,1-2H3,(H3,13,14). The van der Waals surface area contributed by atoms with Gasteiger partial charge in [-0.2, -0.15) is 0 Å². The van der Waals surface area contributed by atoms with Crippen LogP contribution in [0.15, 0.2) is 24.3 Å². The summed E-state index contributed by atoms with van der Waals surface area (Å²) >= 11 is 0. The number of aliphatic hydroxyl groups excluding tert-OH is 1. The highest BCUT2D eigenvalue weighted by atomic mass is 16.3. The Balaban J connectivity index is 3.12. The van der Waals surface area contributed by atoms with E-state index in [2.05, 4.69) is 0 Å². The van der Waals surface area contributed by atoms with Gasteiger partial charge in [0, 0.05) is 23.8 Å². The van der Waals surface area contributed by atoms with Gasteiger partial charge in [0.2, 0.25) is 0 Å². The van der Waals surface area contributed by atoms with Crippen molar-refractivity contribution in [3.8, 4) is 0 Å². The van der Waals surface area contributed by atoms with Crippen LogP contribution in [0.2, 0.25) is 0 Å². The zero-order chi connectivity index (χ0) is 12.1. The summed E-state index contributed by atoms with van der Waals surface area (Å²) in [5.74, 6) is 0.0548. The van der Waals surface area contributed by atoms with Gasteiger partial charge in [0.25, 0.3) is 0 Å². The first-order chi connectivity index (χ1) is 7.57. The summed E-state index contributed by atoms with van der Waals surface area (Å²) in [5, 5.41) is 16.6. The molecule has 1 aromatic carbocycles. The van der Waals surface area contributed by atoms with Crippen LogP contribution in [0.1, 0.15) is 19.4 Å². The van der Waals surface area contributed by atoms with Crippen LogP contribution < -0.4 is 10.6 Å². The Hall–Kier alpha value is -1.55. The van der Waals surface area contributed by atoms with E-state index in [1.807, 2.05) is 43.0 Å². The molecular formula is C12H19N3O. The lowest BCUT2D eigenvalue weighted by Gasteiger charge is -2.30. The lowest BCUT2D eigenvalue weighted by Crippen LogP contribution is -2.35. The fourth-order valence-electron chi connectivity index (χ4n) is 1.72. The molecule has 0 bridgehead atoms. The Morgan fingerprint density at radius 1 is 1.44 bits per heavy atom. The molecule has 0 unspecified atom stereocenters. The Morgan fingerprint density at radius 2 is 2.06 bits per heavy atom. The first-order valence-corrected chi connectivity index (χ1v) is 5.38. The van der Waals surface area contributed by atoms with Gasteiger partial charge in [-0.25, -0.2) is 0 Å². The summed E-state index contributed by atoms with van der Waals surface area (Å²) in [7, 11) is 0. The first kappa shape index (κ1) is 12.5. The Bertz CT molecular complexity index is 363. The second-order valence-electron chi connectivity index (χ2n) is 3.94. The predicted molar refractivity (Wildman–Crippen MR) is 67.0 cm³/mol. The Kier molecular flexibility index (Phi) is 4.31. The van der Waals surface area contributed by atoms with Gasteiger partial charge < -0.3 is 15.7 Å². The summed E-state index contributed by atoms with van der Waals surface area (Å²) in [6.07, 6.45) is 0. The van der Waals surface area contributed by atoms with Crippen LogP contribution in [0, 0.1) is 5.41 Å². The Morgan fingerprint density at radius 3 is 2.56 bits per heavy atom. The van der Waals surface area contributed by atoms with Gasteiger partial charge in [-0.05, 0) is 26.0 Å². The molecule has 0 aliphatic rings. The number of amidine groups is 1. The molecule has 0 amide bonds. The van der Waals surface area contributed by atoms with Crippen LogP contribution >= 0.6 is 0 Å². The number of benzene rings is 1. The number of hydrogen-bond donors (Lipinski definition) is 3. The number of nitrogens with one attached hydrogen (secondary N) is 1. The molecule has 0 saturated heterocycles. The van der Waals surface area contributed by atoms with Gasteiger partial charge >= 0.3 is 0 Å². The highest BCUT2D eigenvalue weighted by Crippen LogP contribution is 2.21. The smallest absolute Gasteiger partial charge is 0.124 e. The summed E-state index contributed by atoms with van der Waals surface area (Å²) in [6, 6.07) is 7.77. The van der Waals surface area contributed by atoms with Crippen LogP contribution in [0.5, 0.6) is 0 Å². The number of nitrogen functional groups attached to an aromatic ring is 1. The molecule has 0 aliphatic carbocycles. The van der Waals surface area contributed by atoms with E-state index in [1.54, 1.807) is 0 Å². The molecule has 0 spiro atoms. The lowest BCUT2D eigenvalue weighted by atomic mass is 10.1. The SMILES string of the molecule is CC(C)N(CCO)c1ccccc1C(=N)N. The predicted octanol–water partition coefficient (Wildman–Crippen LogP) is 1.18. The molecule has 0 fully saturated rings. The zero-order valence-corrected chi connectivity index (χ0v) is 9.77. The van der Waals surface area contributed by atoms with E-state index in [1.165, 1.54) is 0 Å². The number of hydrogen-bond acceptors (Lipinski definition) is 3. The van der Waals surface area contributed by atoms with E-state index >= 15 is 0 Å². The molecule has 0 heterocycles. The zero-order valence-electron chi connectivity index (χ0n) is 9.77. The minimum Gasteiger partial charge on any atom is -0.395 e. The van der Waals surface area contributed by atoms with Crippen molar-refractivity contribution in [3.63, 3.8) is 0 Å². The maximum atomic E-state index is 9.05. The molecule has 16 heavy (non-hydrogen) atoms. The van der Waals surface area contributed by atoms with Crippen molar-refractivity contribution in [2.24, 2.45) is 5.73 Å². The minimum atomic E-state index is 0.0548. The lowest BCUT2D eigenvalue weighted by molar-refractivity contribution is 0.299. The van der Waals surface area contributed by atoms with Crippen molar-refractivity contribution >= 4 is 11.5 Å². The van der Waals surface area contributed by atoms with Gasteiger partial charge in [-0.3, -0.25) is 5.41 Å². The van der Waals surface area contributed by atoms with E-state index in [9.17, 15) is 0 Å². The third-order valence-corrected chi connectivity index (χ3v) is 2.47. The van der Waals surface area contributed by atoms with Crippen molar-refractivity contribution in [2.75, 3.05) is 18.1 Å². The normalized spacial score (nSPS) is 10.5. The molecule has 0 aliphatic heterocycles. The molecule has 0 radical (unpaired) electrons. The van der Waals surface area contributed by atoms with Gasteiger partial charge in [0.1, 0.15) is 5.84 Å². The maximum Gasteiger partial charge on any atom is 0.124 e. The van der Waals surface area contributed by atoms with Crippen molar-refractivity contribution < 1.29 is 5.11 Å². The fourth-order valence-corrected chi connectivity index (χ4v) is 1.72.